The number of carbonyl (C=O) groups excluding carboxylic acids is 1. The minimum Gasteiger partial charge on any atom is -0.349 e. The summed E-state index contributed by atoms with van der Waals surface area (Å²) in [5.41, 5.74) is 0.118. The molecular weight excluding hydrogens is 241 g/mol. The lowest BCUT2D eigenvalue weighted by Gasteiger charge is -2.23. The SMILES string of the molecule is C[C@@H](NC(=O)C(C)(C)CCl)c1cccc(F)c1. The zero-order valence-electron chi connectivity index (χ0n) is 10.3. The second-order valence-electron chi connectivity index (χ2n) is 4.77. The Bertz CT molecular complexity index is 406. The van der Waals surface area contributed by atoms with Crippen LogP contribution in [0.5, 0.6) is 0 Å². The summed E-state index contributed by atoms with van der Waals surface area (Å²) in [6.07, 6.45) is 0. The zero-order valence-corrected chi connectivity index (χ0v) is 11.0. The first-order valence-corrected chi connectivity index (χ1v) is 6.02. The topological polar surface area (TPSA) is 29.1 Å². The monoisotopic (exact) mass is 257 g/mol. The summed E-state index contributed by atoms with van der Waals surface area (Å²) >= 11 is 5.72. The molecule has 0 fully saturated rings. The number of nitrogens with one attached hydrogen (secondary N) is 1. The average molecular weight is 258 g/mol. The van der Waals surface area contributed by atoms with Crippen molar-refractivity contribution in [2.75, 3.05) is 5.88 Å². The summed E-state index contributed by atoms with van der Waals surface area (Å²) in [5, 5.41) is 2.82. The second-order valence-corrected chi connectivity index (χ2v) is 5.03. The summed E-state index contributed by atoms with van der Waals surface area (Å²) in [4.78, 5) is 11.9. The minimum atomic E-state index is -0.622. The van der Waals surface area contributed by atoms with Crippen molar-refractivity contribution < 1.29 is 9.18 Å². The summed E-state index contributed by atoms with van der Waals surface area (Å²) in [5.74, 6) is -0.196. The Morgan fingerprint density at radius 1 is 1.53 bits per heavy atom. The first-order chi connectivity index (χ1) is 7.86. The maximum absolute atomic E-state index is 13.0. The van der Waals surface area contributed by atoms with E-state index in [-0.39, 0.29) is 23.6 Å². The van der Waals surface area contributed by atoms with Crippen molar-refractivity contribution in [2.45, 2.75) is 26.8 Å². The van der Waals surface area contributed by atoms with Crippen LogP contribution in [0.3, 0.4) is 0 Å². The van der Waals surface area contributed by atoms with Gasteiger partial charge < -0.3 is 5.32 Å². The summed E-state index contributed by atoms with van der Waals surface area (Å²) < 4.78 is 13.0. The first kappa shape index (κ1) is 14.0. The highest BCUT2D eigenvalue weighted by atomic mass is 35.5. The van der Waals surface area contributed by atoms with Crippen molar-refractivity contribution in [2.24, 2.45) is 5.41 Å². The van der Waals surface area contributed by atoms with Crippen LogP contribution < -0.4 is 5.32 Å². The molecule has 1 aromatic rings. The van der Waals surface area contributed by atoms with Gasteiger partial charge in [0, 0.05) is 5.88 Å². The van der Waals surface area contributed by atoms with Gasteiger partial charge in [0.2, 0.25) is 5.91 Å². The van der Waals surface area contributed by atoms with E-state index in [9.17, 15) is 9.18 Å². The molecule has 1 aromatic carbocycles. The van der Waals surface area contributed by atoms with E-state index in [4.69, 9.17) is 11.6 Å². The number of hydrogen-bond acceptors (Lipinski definition) is 1. The number of hydrogen-bond donors (Lipinski definition) is 1. The molecule has 0 bridgehead atoms. The van der Waals surface area contributed by atoms with Crippen LogP contribution in [0.25, 0.3) is 0 Å². The summed E-state index contributed by atoms with van der Waals surface area (Å²) in [6.45, 7) is 5.36. The van der Waals surface area contributed by atoms with Crippen molar-refractivity contribution in [1.29, 1.82) is 0 Å². The number of alkyl halides is 1. The molecular formula is C13H17ClFNO. The Hall–Kier alpha value is -1.09. The number of halogens is 2. The molecule has 0 radical (unpaired) electrons. The van der Waals surface area contributed by atoms with Crippen LogP contribution in [0.1, 0.15) is 32.4 Å². The van der Waals surface area contributed by atoms with Crippen LogP contribution in [-0.2, 0) is 4.79 Å². The van der Waals surface area contributed by atoms with Crippen LogP contribution in [0.15, 0.2) is 24.3 Å². The highest BCUT2D eigenvalue weighted by Gasteiger charge is 2.27. The van der Waals surface area contributed by atoms with Gasteiger partial charge in [0.25, 0.3) is 0 Å². The third-order valence-electron chi connectivity index (χ3n) is 2.65. The maximum atomic E-state index is 13.0. The highest BCUT2D eigenvalue weighted by molar-refractivity contribution is 6.19. The molecule has 1 rings (SSSR count). The molecule has 0 aliphatic rings. The summed E-state index contributed by atoms with van der Waals surface area (Å²) in [7, 11) is 0. The van der Waals surface area contributed by atoms with Gasteiger partial charge in [-0.1, -0.05) is 12.1 Å². The molecule has 1 amide bonds. The Kier molecular flexibility index (Phi) is 4.52. The number of carbonyl (C=O) groups is 1. The predicted molar refractivity (Wildman–Crippen MR) is 67.5 cm³/mol. The molecule has 94 valence electrons. The lowest BCUT2D eigenvalue weighted by atomic mass is 9.94. The third-order valence-corrected chi connectivity index (χ3v) is 3.31. The van der Waals surface area contributed by atoms with Crippen LogP contribution in [0.4, 0.5) is 4.39 Å². The smallest absolute Gasteiger partial charge is 0.227 e. The second kappa shape index (κ2) is 5.50. The molecule has 2 nitrogen and oxygen atoms in total. The fourth-order valence-electron chi connectivity index (χ4n) is 1.31. The fraction of sp³-hybridized carbons (Fsp3) is 0.462. The summed E-state index contributed by atoms with van der Waals surface area (Å²) in [6, 6.07) is 5.96. The van der Waals surface area contributed by atoms with Crippen LogP contribution in [0.2, 0.25) is 0 Å². The molecule has 1 N–H and O–H groups in total. The molecule has 4 heteroatoms. The lowest BCUT2D eigenvalue weighted by molar-refractivity contribution is -0.129. The predicted octanol–water partition coefficient (Wildman–Crippen LogP) is 3.27. The van der Waals surface area contributed by atoms with Gasteiger partial charge in [-0.05, 0) is 38.5 Å². The number of rotatable bonds is 4. The maximum Gasteiger partial charge on any atom is 0.227 e. The van der Waals surface area contributed by atoms with Crippen molar-refractivity contribution in [3.63, 3.8) is 0 Å². The largest absolute Gasteiger partial charge is 0.349 e. The number of amides is 1. The van der Waals surface area contributed by atoms with Crippen molar-refractivity contribution in [1.82, 2.24) is 5.32 Å². The zero-order chi connectivity index (χ0) is 13.1. The standard InChI is InChI=1S/C13H17ClFNO/c1-9(10-5-4-6-11(15)7-10)16-12(17)13(2,3)8-14/h4-7,9H,8H2,1-3H3,(H,16,17)/t9-/m1/s1. The molecule has 0 unspecified atom stereocenters. The molecule has 0 aromatic heterocycles. The molecule has 0 saturated heterocycles. The van der Waals surface area contributed by atoms with Gasteiger partial charge in [-0.15, -0.1) is 11.6 Å². The average Bonchev–Trinajstić information content (AvgIpc) is 2.28. The van der Waals surface area contributed by atoms with Gasteiger partial charge in [0.15, 0.2) is 0 Å². The van der Waals surface area contributed by atoms with Crippen LogP contribution >= 0.6 is 11.6 Å². The van der Waals surface area contributed by atoms with E-state index in [0.29, 0.717) is 0 Å². The van der Waals surface area contributed by atoms with Crippen LogP contribution in [0, 0.1) is 11.2 Å². The fourth-order valence-corrected chi connectivity index (χ4v) is 1.43. The van der Waals surface area contributed by atoms with E-state index in [2.05, 4.69) is 5.32 Å². The van der Waals surface area contributed by atoms with E-state index < -0.39 is 5.41 Å². The molecule has 0 saturated carbocycles. The van der Waals surface area contributed by atoms with Crippen molar-refractivity contribution in [3.8, 4) is 0 Å². The molecule has 0 heterocycles. The lowest BCUT2D eigenvalue weighted by Crippen LogP contribution is -2.39. The molecule has 0 aliphatic carbocycles. The van der Waals surface area contributed by atoms with Crippen LogP contribution in [-0.4, -0.2) is 11.8 Å². The van der Waals surface area contributed by atoms with Crippen molar-refractivity contribution >= 4 is 17.5 Å². The molecule has 0 aliphatic heterocycles. The van der Waals surface area contributed by atoms with Gasteiger partial charge in [-0.25, -0.2) is 4.39 Å². The quantitative estimate of drug-likeness (QED) is 0.824. The first-order valence-electron chi connectivity index (χ1n) is 5.49. The van der Waals surface area contributed by atoms with E-state index in [1.165, 1.54) is 12.1 Å². The Morgan fingerprint density at radius 2 is 2.18 bits per heavy atom. The van der Waals surface area contributed by atoms with Gasteiger partial charge in [0.05, 0.1) is 11.5 Å². The van der Waals surface area contributed by atoms with Crippen molar-refractivity contribution in [3.05, 3.63) is 35.6 Å². The van der Waals surface area contributed by atoms with E-state index in [1.54, 1.807) is 26.0 Å². The van der Waals surface area contributed by atoms with Gasteiger partial charge in [-0.3, -0.25) is 4.79 Å². The Labute approximate surface area is 106 Å². The Balaban J connectivity index is 2.73. The molecule has 1 atom stereocenters. The minimum absolute atomic E-state index is 0.135. The molecule has 17 heavy (non-hydrogen) atoms. The van der Waals surface area contributed by atoms with E-state index in [0.717, 1.165) is 5.56 Å². The third kappa shape index (κ3) is 3.70. The van der Waals surface area contributed by atoms with E-state index in [1.807, 2.05) is 6.92 Å². The van der Waals surface area contributed by atoms with Gasteiger partial charge >= 0.3 is 0 Å². The highest BCUT2D eigenvalue weighted by Crippen LogP contribution is 2.20. The molecule has 0 spiro atoms. The Morgan fingerprint density at radius 3 is 2.71 bits per heavy atom. The number of benzene rings is 1. The normalized spacial score (nSPS) is 13.2. The van der Waals surface area contributed by atoms with Gasteiger partial charge in [-0.2, -0.15) is 0 Å². The van der Waals surface area contributed by atoms with Gasteiger partial charge in [0.1, 0.15) is 5.82 Å². The van der Waals surface area contributed by atoms with E-state index >= 15 is 0 Å².